The molecule has 1 N–H and O–H groups in total. The average Bonchev–Trinajstić information content (AvgIpc) is 3.23. The third-order valence-electron chi connectivity index (χ3n) is 6.63. The minimum absolute atomic E-state index is 0.0853. The van der Waals surface area contributed by atoms with E-state index < -0.39 is 35.4 Å². The second kappa shape index (κ2) is 9.38. The Labute approximate surface area is 211 Å². The number of nitrogens with zero attached hydrogens (tertiary/aromatic N) is 3. The van der Waals surface area contributed by atoms with Crippen LogP contribution in [0.15, 0.2) is 78.9 Å². The van der Waals surface area contributed by atoms with E-state index in [0.29, 0.717) is 6.54 Å². The maximum atomic E-state index is 13.8. The van der Waals surface area contributed by atoms with Gasteiger partial charge in [-0.25, -0.2) is 9.07 Å². The molecule has 0 saturated heterocycles. The highest BCUT2D eigenvalue weighted by Gasteiger charge is 2.39. The van der Waals surface area contributed by atoms with Gasteiger partial charge in [-0.2, -0.15) is 18.3 Å². The van der Waals surface area contributed by atoms with Crippen molar-refractivity contribution in [1.29, 1.82) is 0 Å². The SMILES string of the molecule is Cc1nn(-c2ccccc2)c2c1[C@H](c1ccc(F)cc1)[C@H](NC(=O)c1cccc(C(F)(F)F)c1)CN2C. The van der Waals surface area contributed by atoms with Gasteiger partial charge in [0.25, 0.3) is 5.91 Å². The van der Waals surface area contributed by atoms with Crippen LogP contribution in [0.3, 0.4) is 0 Å². The molecule has 1 aliphatic rings. The number of fused-ring (bicyclic) bond motifs is 1. The molecular weight excluding hydrogens is 484 g/mol. The zero-order chi connectivity index (χ0) is 26.3. The summed E-state index contributed by atoms with van der Waals surface area (Å²) in [4.78, 5) is 15.1. The van der Waals surface area contributed by atoms with Gasteiger partial charge in [0.2, 0.25) is 0 Å². The fourth-order valence-electron chi connectivity index (χ4n) is 4.98. The van der Waals surface area contributed by atoms with Crippen LogP contribution in [0.1, 0.15) is 38.7 Å². The van der Waals surface area contributed by atoms with Crippen LogP contribution in [0, 0.1) is 12.7 Å². The molecule has 0 radical (unpaired) electrons. The molecule has 0 fully saturated rings. The first kappa shape index (κ1) is 24.5. The lowest BCUT2D eigenvalue weighted by Gasteiger charge is -2.39. The molecule has 2 heterocycles. The Hall–Kier alpha value is -4.14. The van der Waals surface area contributed by atoms with Gasteiger partial charge in [-0.3, -0.25) is 4.79 Å². The summed E-state index contributed by atoms with van der Waals surface area (Å²) in [7, 11) is 1.88. The first-order valence-electron chi connectivity index (χ1n) is 11.7. The molecule has 0 bridgehead atoms. The van der Waals surface area contributed by atoms with Crippen LogP contribution in [0.5, 0.6) is 0 Å². The van der Waals surface area contributed by atoms with E-state index >= 15 is 0 Å². The number of aromatic nitrogens is 2. The molecule has 37 heavy (non-hydrogen) atoms. The second-order valence-corrected chi connectivity index (χ2v) is 9.14. The van der Waals surface area contributed by atoms with Crippen LogP contribution < -0.4 is 10.2 Å². The molecule has 4 aromatic rings. The van der Waals surface area contributed by atoms with Crippen LogP contribution in [0.2, 0.25) is 0 Å². The van der Waals surface area contributed by atoms with Crippen molar-refractivity contribution in [2.24, 2.45) is 0 Å². The van der Waals surface area contributed by atoms with Crippen molar-refractivity contribution < 1.29 is 22.4 Å². The van der Waals surface area contributed by atoms with E-state index in [2.05, 4.69) is 5.32 Å². The van der Waals surface area contributed by atoms with Gasteiger partial charge in [0.05, 0.1) is 23.0 Å². The van der Waals surface area contributed by atoms with E-state index in [9.17, 15) is 22.4 Å². The van der Waals surface area contributed by atoms with Crippen LogP contribution in [0.4, 0.5) is 23.4 Å². The number of hydrogen-bond donors (Lipinski definition) is 1. The average molecular weight is 509 g/mol. The number of halogens is 4. The number of amides is 1. The number of carbonyl (C=O) groups is 1. The highest BCUT2D eigenvalue weighted by molar-refractivity contribution is 5.94. The summed E-state index contributed by atoms with van der Waals surface area (Å²) in [6, 6.07) is 19.5. The Bertz CT molecular complexity index is 1430. The van der Waals surface area contributed by atoms with E-state index in [1.54, 1.807) is 12.1 Å². The predicted molar refractivity (Wildman–Crippen MR) is 133 cm³/mol. The molecule has 190 valence electrons. The molecular formula is C28H24F4N4O. The largest absolute Gasteiger partial charge is 0.416 e. The third kappa shape index (κ3) is 4.69. The highest BCUT2D eigenvalue weighted by Crippen LogP contribution is 2.42. The summed E-state index contributed by atoms with van der Waals surface area (Å²) in [5.74, 6) is -0.576. The lowest BCUT2D eigenvalue weighted by atomic mass is 9.81. The number of benzene rings is 3. The molecule has 1 aliphatic heterocycles. The summed E-state index contributed by atoms with van der Waals surface area (Å²) in [5.41, 5.74) is 2.25. The molecule has 0 unspecified atom stereocenters. The Morgan fingerprint density at radius 2 is 1.70 bits per heavy atom. The summed E-state index contributed by atoms with van der Waals surface area (Å²) < 4.78 is 55.3. The summed E-state index contributed by atoms with van der Waals surface area (Å²) in [6.45, 7) is 2.23. The molecule has 3 aromatic carbocycles. The zero-order valence-corrected chi connectivity index (χ0v) is 20.1. The number of alkyl halides is 3. The van der Waals surface area contributed by atoms with Crippen molar-refractivity contribution in [2.75, 3.05) is 18.5 Å². The van der Waals surface area contributed by atoms with Crippen LogP contribution >= 0.6 is 0 Å². The zero-order valence-electron chi connectivity index (χ0n) is 20.1. The molecule has 2 atom stereocenters. The normalized spacial score (nSPS) is 17.4. The minimum Gasteiger partial charge on any atom is -0.357 e. The smallest absolute Gasteiger partial charge is 0.357 e. The fourth-order valence-corrected chi connectivity index (χ4v) is 4.98. The number of anilines is 1. The van der Waals surface area contributed by atoms with Gasteiger partial charge in [0, 0.05) is 30.6 Å². The second-order valence-electron chi connectivity index (χ2n) is 9.14. The van der Waals surface area contributed by atoms with Crippen molar-refractivity contribution in [3.05, 3.63) is 113 Å². The maximum Gasteiger partial charge on any atom is 0.416 e. The maximum absolute atomic E-state index is 13.8. The Morgan fingerprint density at radius 1 is 1.00 bits per heavy atom. The molecule has 1 aromatic heterocycles. The standard InChI is InChI=1S/C28H24F4N4O/c1-17-24-25(18-11-13-21(29)14-12-18)23(33-26(37)19-7-6-8-20(15-19)28(30,31)32)16-35(2)27(24)36(34-17)22-9-4-3-5-10-22/h3-15,23,25H,16H2,1-2H3,(H,33,37)/t23-,25-/m1/s1. The molecule has 0 spiro atoms. The molecule has 1 amide bonds. The summed E-state index contributed by atoms with van der Waals surface area (Å²) in [5, 5.41) is 7.73. The molecule has 5 nitrogen and oxygen atoms in total. The van der Waals surface area contributed by atoms with E-state index in [4.69, 9.17) is 5.10 Å². The van der Waals surface area contributed by atoms with Gasteiger partial charge in [-0.05, 0) is 55.0 Å². The van der Waals surface area contributed by atoms with Crippen LogP contribution in [-0.4, -0.2) is 35.3 Å². The van der Waals surface area contributed by atoms with Gasteiger partial charge in [-0.1, -0.05) is 36.4 Å². The number of carbonyl (C=O) groups excluding carboxylic acids is 1. The van der Waals surface area contributed by atoms with Crippen molar-refractivity contribution in [3.8, 4) is 5.69 Å². The van der Waals surface area contributed by atoms with Crippen molar-refractivity contribution in [3.63, 3.8) is 0 Å². The minimum atomic E-state index is -4.56. The fraction of sp³-hybridized carbons (Fsp3) is 0.214. The number of nitrogens with one attached hydrogen (secondary N) is 1. The topological polar surface area (TPSA) is 50.2 Å². The highest BCUT2D eigenvalue weighted by atomic mass is 19.4. The molecule has 9 heteroatoms. The number of likely N-dealkylation sites (N-methyl/N-ethyl adjacent to an activating group) is 1. The first-order valence-corrected chi connectivity index (χ1v) is 11.7. The van der Waals surface area contributed by atoms with Gasteiger partial charge in [-0.15, -0.1) is 0 Å². The molecule has 5 rings (SSSR count). The van der Waals surface area contributed by atoms with Crippen molar-refractivity contribution in [2.45, 2.75) is 25.1 Å². The number of para-hydroxylation sites is 1. The summed E-state index contributed by atoms with van der Waals surface area (Å²) in [6.07, 6.45) is -4.56. The summed E-state index contributed by atoms with van der Waals surface area (Å²) >= 11 is 0. The van der Waals surface area contributed by atoms with Crippen molar-refractivity contribution >= 4 is 11.7 Å². The van der Waals surface area contributed by atoms with Gasteiger partial charge in [0.15, 0.2) is 0 Å². The third-order valence-corrected chi connectivity index (χ3v) is 6.63. The quantitative estimate of drug-likeness (QED) is 0.359. The van der Waals surface area contributed by atoms with E-state index in [1.807, 2.05) is 53.9 Å². The lowest BCUT2D eigenvalue weighted by molar-refractivity contribution is -0.137. The number of aryl methyl sites for hydroxylation is 1. The monoisotopic (exact) mass is 508 g/mol. The van der Waals surface area contributed by atoms with Crippen molar-refractivity contribution in [1.82, 2.24) is 15.1 Å². The number of hydrogen-bond acceptors (Lipinski definition) is 3. The molecule has 0 saturated carbocycles. The predicted octanol–water partition coefficient (Wildman–Crippen LogP) is 5.72. The van der Waals surface area contributed by atoms with Gasteiger partial charge < -0.3 is 10.2 Å². The first-order chi connectivity index (χ1) is 17.6. The Balaban J connectivity index is 1.58. The van der Waals surface area contributed by atoms with E-state index in [1.165, 1.54) is 24.3 Å². The van der Waals surface area contributed by atoms with Crippen LogP contribution in [0.25, 0.3) is 5.69 Å². The lowest BCUT2D eigenvalue weighted by Crippen LogP contribution is -2.50. The Morgan fingerprint density at radius 3 is 2.38 bits per heavy atom. The Kier molecular flexibility index (Phi) is 6.23. The van der Waals surface area contributed by atoms with E-state index in [0.717, 1.165) is 40.5 Å². The van der Waals surface area contributed by atoms with Gasteiger partial charge in [0.1, 0.15) is 11.6 Å². The van der Waals surface area contributed by atoms with E-state index in [-0.39, 0.29) is 5.56 Å². The number of rotatable bonds is 4. The molecule has 0 aliphatic carbocycles. The van der Waals surface area contributed by atoms with Gasteiger partial charge >= 0.3 is 6.18 Å². The van der Waals surface area contributed by atoms with Crippen LogP contribution in [-0.2, 0) is 6.18 Å².